The minimum absolute atomic E-state index is 0.241. The van der Waals surface area contributed by atoms with Gasteiger partial charge >= 0.3 is 0 Å². The van der Waals surface area contributed by atoms with Crippen molar-refractivity contribution < 1.29 is 13.9 Å². The highest BCUT2D eigenvalue weighted by Gasteiger charge is 2.12. The summed E-state index contributed by atoms with van der Waals surface area (Å²) in [6.45, 7) is 0. The highest BCUT2D eigenvalue weighted by molar-refractivity contribution is 7.22. The lowest BCUT2D eigenvalue weighted by molar-refractivity contribution is 0.0996. The molecule has 0 fully saturated rings. The molecule has 3 heterocycles. The Kier molecular flexibility index (Phi) is 2.88. The van der Waals surface area contributed by atoms with Crippen LogP contribution < -0.4 is 10.1 Å². The highest BCUT2D eigenvalue weighted by Crippen LogP contribution is 2.26. The molecule has 3 rings (SSSR count). The summed E-state index contributed by atoms with van der Waals surface area (Å²) in [7, 11) is 1.55. The summed E-state index contributed by atoms with van der Waals surface area (Å²) in [5.41, 5.74) is 0.709. The third-order valence-corrected chi connectivity index (χ3v) is 3.29. The molecule has 1 N–H and O–H groups in total. The number of fused-ring (bicyclic) bond motifs is 1. The fourth-order valence-corrected chi connectivity index (χ4v) is 2.36. The van der Waals surface area contributed by atoms with Crippen LogP contribution in [0.2, 0.25) is 0 Å². The van der Waals surface area contributed by atoms with Crippen molar-refractivity contribution >= 4 is 32.7 Å². The number of pyridine rings is 1. The summed E-state index contributed by atoms with van der Waals surface area (Å²) in [6.07, 6.45) is 1.44. The Morgan fingerprint density at radius 1 is 1.37 bits per heavy atom. The molecular weight excluding hydrogens is 266 g/mol. The van der Waals surface area contributed by atoms with Gasteiger partial charge in [-0.25, -0.2) is 9.97 Å². The predicted octanol–water partition coefficient (Wildman–Crippen LogP) is 2.55. The van der Waals surface area contributed by atoms with E-state index in [4.69, 9.17) is 9.15 Å². The first-order valence-electron chi connectivity index (χ1n) is 5.43. The first-order chi connectivity index (χ1) is 9.26. The summed E-state index contributed by atoms with van der Waals surface area (Å²) < 4.78 is 10.0. The summed E-state index contributed by atoms with van der Waals surface area (Å²) >= 11 is 1.28. The molecule has 96 valence electrons. The van der Waals surface area contributed by atoms with Crippen LogP contribution in [0.3, 0.4) is 0 Å². The molecule has 1 amide bonds. The smallest absolute Gasteiger partial charge is 0.293 e. The lowest BCUT2D eigenvalue weighted by atomic mass is 10.4. The van der Waals surface area contributed by atoms with Gasteiger partial charge in [0.05, 0.1) is 13.4 Å². The average Bonchev–Trinajstić information content (AvgIpc) is 3.06. The van der Waals surface area contributed by atoms with Crippen LogP contribution in [0.5, 0.6) is 5.88 Å². The second kappa shape index (κ2) is 4.69. The molecule has 0 bridgehead atoms. The third kappa shape index (κ3) is 2.27. The number of anilines is 1. The standard InChI is InChI=1S/C12H9N3O3S/c1-17-9-5-4-7-11(14-9)19-12(13-7)15-10(16)8-3-2-6-18-8/h2-6H,1H3,(H,13,15,16). The molecule has 0 saturated heterocycles. The minimum atomic E-state index is -0.337. The zero-order valence-corrected chi connectivity index (χ0v) is 10.7. The van der Waals surface area contributed by atoms with Crippen LogP contribution in [0.4, 0.5) is 5.13 Å². The largest absolute Gasteiger partial charge is 0.481 e. The number of rotatable bonds is 3. The van der Waals surface area contributed by atoms with Crippen molar-refractivity contribution in [3.8, 4) is 5.88 Å². The SMILES string of the molecule is COc1ccc2nc(NC(=O)c3ccco3)sc2n1. The summed E-state index contributed by atoms with van der Waals surface area (Å²) in [5.74, 6) is 0.417. The second-order valence-corrected chi connectivity index (χ2v) is 4.61. The molecule has 7 heteroatoms. The average molecular weight is 275 g/mol. The van der Waals surface area contributed by atoms with Crippen molar-refractivity contribution in [2.24, 2.45) is 0 Å². The normalized spacial score (nSPS) is 10.6. The van der Waals surface area contributed by atoms with Crippen LogP contribution in [-0.4, -0.2) is 23.0 Å². The van der Waals surface area contributed by atoms with Crippen molar-refractivity contribution in [2.45, 2.75) is 0 Å². The fourth-order valence-electron chi connectivity index (χ4n) is 1.53. The van der Waals surface area contributed by atoms with E-state index in [0.29, 0.717) is 21.4 Å². The number of ether oxygens (including phenoxy) is 1. The van der Waals surface area contributed by atoms with Crippen LogP contribution >= 0.6 is 11.3 Å². The first-order valence-corrected chi connectivity index (χ1v) is 6.24. The Balaban J connectivity index is 1.87. The number of nitrogens with zero attached hydrogens (tertiary/aromatic N) is 2. The van der Waals surface area contributed by atoms with Gasteiger partial charge in [-0.2, -0.15) is 0 Å². The van der Waals surface area contributed by atoms with E-state index < -0.39 is 0 Å². The number of hydrogen-bond acceptors (Lipinski definition) is 6. The van der Waals surface area contributed by atoms with Gasteiger partial charge in [-0.05, 0) is 18.2 Å². The number of amides is 1. The maximum Gasteiger partial charge on any atom is 0.293 e. The quantitative estimate of drug-likeness (QED) is 0.794. The van der Waals surface area contributed by atoms with Crippen molar-refractivity contribution in [1.82, 2.24) is 9.97 Å². The van der Waals surface area contributed by atoms with E-state index in [-0.39, 0.29) is 11.7 Å². The van der Waals surface area contributed by atoms with Crippen molar-refractivity contribution in [3.05, 3.63) is 36.3 Å². The summed E-state index contributed by atoms with van der Waals surface area (Å²) in [5, 5.41) is 3.13. The van der Waals surface area contributed by atoms with Crippen molar-refractivity contribution in [3.63, 3.8) is 0 Å². The molecule has 0 atom stereocenters. The Bertz CT molecular complexity index is 721. The molecule has 3 aromatic rings. The van der Waals surface area contributed by atoms with Gasteiger partial charge in [0.1, 0.15) is 10.3 Å². The highest BCUT2D eigenvalue weighted by atomic mass is 32.1. The van der Waals surface area contributed by atoms with E-state index in [2.05, 4.69) is 15.3 Å². The number of methoxy groups -OCH3 is 1. The van der Waals surface area contributed by atoms with Gasteiger partial charge in [-0.1, -0.05) is 11.3 Å². The topological polar surface area (TPSA) is 77.2 Å². The van der Waals surface area contributed by atoms with Gasteiger partial charge in [0.2, 0.25) is 5.88 Å². The lowest BCUT2D eigenvalue weighted by Crippen LogP contribution is -2.10. The third-order valence-electron chi connectivity index (χ3n) is 2.40. The van der Waals surface area contributed by atoms with E-state index in [1.54, 1.807) is 31.4 Å². The molecule has 0 aliphatic carbocycles. The van der Waals surface area contributed by atoms with E-state index in [9.17, 15) is 4.79 Å². The van der Waals surface area contributed by atoms with Crippen LogP contribution in [0.15, 0.2) is 34.9 Å². The van der Waals surface area contributed by atoms with Crippen molar-refractivity contribution in [2.75, 3.05) is 12.4 Å². The number of furan rings is 1. The Labute approximate surface area is 112 Å². The van der Waals surface area contributed by atoms with E-state index in [1.807, 2.05) is 0 Å². The maximum atomic E-state index is 11.8. The summed E-state index contributed by atoms with van der Waals surface area (Å²) in [4.78, 5) is 21.0. The van der Waals surface area contributed by atoms with Crippen molar-refractivity contribution in [1.29, 1.82) is 0 Å². The fraction of sp³-hybridized carbons (Fsp3) is 0.0833. The summed E-state index contributed by atoms with van der Waals surface area (Å²) in [6, 6.07) is 6.75. The zero-order chi connectivity index (χ0) is 13.2. The number of nitrogens with one attached hydrogen (secondary N) is 1. The molecule has 0 spiro atoms. The Hall–Kier alpha value is -2.41. The van der Waals surface area contributed by atoms with Crippen LogP contribution in [0, 0.1) is 0 Å². The van der Waals surface area contributed by atoms with E-state index >= 15 is 0 Å². The Morgan fingerprint density at radius 2 is 2.26 bits per heavy atom. The van der Waals surface area contributed by atoms with Crippen LogP contribution in [-0.2, 0) is 0 Å². The predicted molar refractivity (Wildman–Crippen MR) is 70.6 cm³/mol. The molecule has 0 unspecified atom stereocenters. The van der Waals surface area contributed by atoms with E-state index in [0.717, 1.165) is 0 Å². The number of hydrogen-bond donors (Lipinski definition) is 1. The van der Waals surface area contributed by atoms with Gasteiger partial charge < -0.3 is 9.15 Å². The first kappa shape index (κ1) is 11.7. The van der Waals surface area contributed by atoms with Crippen LogP contribution in [0.25, 0.3) is 10.3 Å². The van der Waals surface area contributed by atoms with Crippen LogP contribution in [0.1, 0.15) is 10.6 Å². The number of aromatic nitrogens is 2. The number of thiazole rings is 1. The molecule has 0 aliphatic heterocycles. The monoisotopic (exact) mass is 275 g/mol. The molecular formula is C12H9N3O3S. The van der Waals surface area contributed by atoms with Gasteiger partial charge in [-0.3, -0.25) is 10.1 Å². The number of carbonyl (C=O) groups is 1. The molecule has 3 aromatic heterocycles. The molecule has 6 nitrogen and oxygen atoms in total. The zero-order valence-electron chi connectivity index (χ0n) is 9.91. The van der Waals surface area contributed by atoms with E-state index in [1.165, 1.54) is 17.6 Å². The maximum absolute atomic E-state index is 11.8. The minimum Gasteiger partial charge on any atom is -0.481 e. The van der Waals surface area contributed by atoms with Gasteiger partial charge in [0.25, 0.3) is 5.91 Å². The number of carbonyl (C=O) groups excluding carboxylic acids is 1. The Morgan fingerprint density at radius 3 is 3.00 bits per heavy atom. The molecule has 0 aromatic carbocycles. The molecule has 0 saturated carbocycles. The van der Waals surface area contributed by atoms with Gasteiger partial charge in [0, 0.05) is 6.07 Å². The molecule has 0 radical (unpaired) electrons. The molecule has 19 heavy (non-hydrogen) atoms. The molecule has 0 aliphatic rings. The lowest BCUT2D eigenvalue weighted by Gasteiger charge is -1.96. The van der Waals surface area contributed by atoms with Gasteiger partial charge in [-0.15, -0.1) is 0 Å². The van der Waals surface area contributed by atoms with Gasteiger partial charge in [0.15, 0.2) is 10.9 Å². The second-order valence-electron chi connectivity index (χ2n) is 3.63.